The van der Waals surface area contributed by atoms with E-state index in [9.17, 15) is 9.59 Å². The van der Waals surface area contributed by atoms with Gasteiger partial charge in [-0.05, 0) is 37.8 Å². The molecule has 2 amide bonds. The van der Waals surface area contributed by atoms with Crippen molar-refractivity contribution in [3.8, 4) is 0 Å². The molecular formula is C16H14N2O2S. The number of fused-ring (bicyclic) bond motifs is 1. The van der Waals surface area contributed by atoms with Gasteiger partial charge in [-0.1, -0.05) is 18.2 Å². The molecule has 1 aliphatic heterocycles. The van der Waals surface area contributed by atoms with E-state index >= 15 is 0 Å². The number of hydrogen-bond donors (Lipinski definition) is 0. The molecule has 1 aromatic heterocycles. The molecule has 0 aliphatic carbocycles. The summed E-state index contributed by atoms with van der Waals surface area (Å²) in [6.07, 6.45) is 1.86. The van der Waals surface area contributed by atoms with Gasteiger partial charge in [0, 0.05) is 5.69 Å². The molecule has 0 N–H and O–H groups in total. The van der Waals surface area contributed by atoms with E-state index in [4.69, 9.17) is 0 Å². The van der Waals surface area contributed by atoms with Gasteiger partial charge in [-0.2, -0.15) is 0 Å². The number of amides is 2. The summed E-state index contributed by atoms with van der Waals surface area (Å²) in [5.74, 6) is -0.564. The molecule has 4 nitrogen and oxygen atoms in total. The summed E-state index contributed by atoms with van der Waals surface area (Å²) in [6.45, 7) is 3.71. The van der Waals surface area contributed by atoms with E-state index in [0.29, 0.717) is 21.8 Å². The molecule has 21 heavy (non-hydrogen) atoms. The van der Waals surface area contributed by atoms with Gasteiger partial charge in [0.2, 0.25) is 0 Å². The van der Waals surface area contributed by atoms with Crippen LogP contribution in [0.25, 0.3) is 0 Å². The van der Waals surface area contributed by atoms with Crippen molar-refractivity contribution >= 4 is 29.3 Å². The Bertz CT molecular complexity index is 771. The van der Waals surface area contributed by atoms with Gasteiger partial charge in [-0.15, -0.1) is 11.8 Å². The van der Waals surface area contributed by atoms with E-state index < -0.39 is 0 Å². The third-order valence-electron chi connectivity index (χ3n) is 3.51. The minimum atomic E-state index is -0.291. The molecule has 3 rings (SSSR count). The van der Waals surface area contributed by atoms with Crippen molar-refractivity contribution in [3.05, 3.63) is 52.7 Å². The van der Waals surface area contributed by atoms with Crippen LogP contribution in [-0.4, -0.2) is 23.1 Å². The molecule has 0 atom stereocenters. The molecule has 0 spiro atoms. The highest BCUT2D eigenvalue weighted by Crippen LogP contribution is 2.34. The lowest BCUT2D eigenvalue weighted by molar-refractivity contribution is 0.0925. The summed E-state index contributed by atoms with van der Waals surface area (Å²) in [5, 5.41) is 0.611. The van der Waals surface area contributed by atoms with Crippen molar-refractivity contribution < 1.29 is 9.59 Å². The molecule has 5 heteroatoms. The van der Waals surface area contributed by atoms with Gasteiger partial charge in [-0.25, -0.2) is 9.88 Å². The molecule has 0 saturated carbocycles. The Labute approximate surface area is 127 Å². The SMILES string of the molecule is CSc1nc(C)cc2c1C(=O)N(c1ccccc1C)C2=O. The van der Waals surface area contributed by atoms with E-state index in [2.05, 4.69) is 4.98 Å². The summed E-state index contributed by atoms with van der Waals surface area (Å²) in [7, 11) is 0. The second-order valence-corrected chi connectivity index (χ2v) is 5.72. The smallest absolute Gasteiger partial charge is 0.268 e. The second-order valence-electron chi connectivity index (χ2n) is 4.93. The summed E-state index contributed by atoms with van der Waals surface area (Å²) >= 11 is 1.38. The van der Waals surface area contributed by atoms with Crippen LogP contribution in [0.5, 0.6) is 0 Å². The maximum atomic E-state index is 12.7. The van der Waals surface area contributed by atoms with E-state index in [1.807, 2.05) is 38.3 Å². The molecule has 2 heterocycles. The van der Waals surface area contributed by atoms with Crippen molar-refractivity contribution in [1.29, 1.82) is 0 Å². The molecule has 0 fully saturated rings. The van der Waals surface area contributed by atoms with Crippen molar-refractivity contribution in [2.75, 3.05) is 11.2 Å². The van der Waals surface area contributed by atoms with Crippen molar-refractivity contribution in [2.24, 2.45) is 0 Å². The molecule has 1 aromatic carbocycles. The summed E-state index contributed by atoms with van der Waals surface area (Å²) in [6, 6.07) is 9.07. The van der Waals surface area contributed by atoms with Crippen molar-refractivity contribution in [2.45, 2.75) is 18.9 Å². The number of para-hydroxylation sites is 1. The van der Waals surface area contributed by atoms with Crippen LogP contribution in [-0.2, 0) is 0 Å². The number of carbonyl (C=O) groups is 2. The zero-order valence-electron chi connectivity index (χ0n) is 12.0. The first kappa shape index (κ1) is 13.8. The first-order chi connectivity index (χ1) is 10.0. The number of aromatic nitrogens is 1. The van der Waals surface area contributed by atoms with Crippen LogP contribution >= 0.6 is 11.8 Å². The number of anilines is 1. The maximum Gasteiger partial charge on any atom is 0.268 e. The maximum absolute atomic E-state index is 12.7. The number of carbonyl (C=O) groups excluding carboxylic acids is 2. The van der Waals surface area contributed by atoms with Crippen LogP contribution in [0.2, 0.25) is 0 Å². The number of rotatable bonds is 2. The lowest BCUT2D eigenvalue weighted by Crippen LogP contribution is -2.30. The summed E-state index contributed by atoms with van der Waals surface area (Å²) in [5.41, 5.74) is 3.13. The van der Waals surface area contributed by atoms with Gasteiger partial charge in [0.1, 0.15) is 5.03 Å². The highest BCUT2D eigenvalue weighted by Gasteiger charge is 2.39. The Hall–Kier alpha value is -2.14. The van der Waals surface area contributed by atoms with Gasteiger partial charge >= 0.3 is 0 Å². The Kier molecular flexibility index (Phi) is 3.29. The lowest BCUT2D eigenvalue weighted by Gasteiger charge is -2.16. The molecule has 0 unspecified atom stereocenters. The number of hydrogen-bond acceptors (Lipinski definition) is 4. The number of aryl methyl sites for hydroxylation is 2. The Morgan fingerprint density at radius 3 is 2.48 bits per heavy atom. The lowest BCUT2D eigenvalue weighted by atomic mass is 10.1. The van der Waals surface area contributed by atoms with Gasteiger partial charge in [0.25, 0.3) is 11.8 Å². The summed E-state index contributed by atoms with van der Waals surface area (Å²) in [4.78, 5) is 31.0. The molecular weight excluding hydrogens is 284 g/mol. The molecule has 2 aromatic rings. The van der Waals surface area contributed by atoms with Crippen LogP contribution in [0.15, 0.2) is 35.4 Å². The molecule has 0 bridgehead atoms. The average Bonchev–Trinajstić information content (AvgIpc) is 2.71. The zero-order valence-corrected chi connectivity index (χ0v) is 12.8. The van der Waals surface area contributed by atoms with Crippen LogP contribution in [0.3, 0.4) is 0 Å². The standard InChI is InChI=1S/C16H14N2O2S/c1-9-6-4-5-7-12(9)18-15(19)11-8-10(2)17-14(21-3)13(11)16(18)20/h4-8H,1-3H3. The van der Waals surface area contributed by atoms with Gasteiger partial charge in [-0.3, -0.25) is 9.59 Å². The highest BCUT2D eigenvalue weighted by molar-refractivity contribution is 7.98. The van der Waals surface area contributed by atoms with Gasteiger partial charge in [0.05, 0.1) is 16.8 Å². The predicted octanol–water partition coefficient (Wildman–Crippen LogP) is 3.22. The quantitative estimate of drug-likeness (QED) is 0.631. The Morgan fingerprint density at radius 2 is 1.81 bits per heavy atom. The van der Waals surface area contributed by atoms with Gasteiger partial charge in [0.15, 0.2) is 0 Å². The van der Waals surface area contributed by atoms with E-state index in [1.54, 1.807) is 12.1 Å². The average molecular weight is 298 g/mol. The van der Waals surface area contributed by atoms with Crippen LogP contribution < -0.4 is 4.90 Å². The third kappa shape index (κ3) is 2.05. The molecule has 0 saturated heterocycles. The van der Waals surface area contributed by atoms with E-state index in [1.165, 1.54) is 16.7 Å². The van der Waals surface area contributed by atoms with Crippen LogP contribution in [0.1, 0.15) is 32.0 Å². The van der Waals surface area contributed by atoms with E-state index in [-0.39, 0.29) is 11.8 Å². The van der Waals surface area contributed by atoms with Crippen LogP contribution in [0.4, 0.5) is 5.69 Å². The fourth-order valence-electron chi connectivity index (χ4n) is 2.53. The minimum absolute atomic E-state index is 0.273. The largest absolute Gasteiger partial charge is 0.268 e. The highest BCUT2D eigenvalue weighted by atomic mass is 32.2. The Morgan fingerprint density at radius 1 is 1.10 bits per heavy atom. The molecule has 1 aliphatic rings. The number of benzene rings is 1. The monoisotopic (exact) mass is 298 g/mol. The number of pyridine rings is 1. The van der Waals surface area contributed by atoms with Gasteiger partial charge < -0.3 is 0 Å². The normalized spacial score (nSPS) is 13.8. The number of imide groups is 1. The topological polar surface area (TPSA) is 50.3 Å². The molecule has 106 valence electrons. The minimum Gasteiger partial charge on any atom is -0.268 e. The van der Waals surface area contributed by atoms with Crippen LogP contribution in [0, 0.1) is 13.8 Å². The zero-order chi connectivity index (χ0) is 15.1. The molecule has 0 radical (unpaired) electrons. The third-order valence-corrected chi connectivity index (χ3v) is 4.20. The second kappa shape index (κ2) is 5.00. The van der Waals surface area contributed by atoms with Crippen molar-refractivity contribution in [1.82, 2.24) is 4.98 Å². The van der Waals surface area contributed by atoms with E-state index in [0.717, 1.165) is 11.3 Å². The van der Waals surface area contributed by atoms with Crippen molar-refractivity contribution in [3.63, 3.8) is 0 Å². The summed E-state index contributed by atoms with van der Waals surface area (Å²) < 4.78 is 0. The predicted molar refractivity (Wildman–Crippen MR) is 83.1 cm³/mol. The fraction of sp³-hybridized carbons (Fsp3) is 0.188. The first-order valence-corrected chi connectivity index (χ1v) is 7.77. The first-order valence-electron chi connectivity index (χ1n) is 6.54. The number of thioether (sulfide) groups is 1. The Balaban J connectivity index is 2.20. The fourth-order valence-corrected chi connectivity index (χ4v) is 3.16. The number of nitrogens with zero attached hydrogens (tertiary/aromatic N) is 2.